The maximum Gasteiger partial charge on any atom is 0.250 e. The predicted molar refractivity (Wildman–Crippen MR) is 89.0 cm³/mol. The molecule has 0 atom stereocenters. The van der Waals surface area contributed by atoms with Crippen molar-refractivity contribution in [2.45, 2.75) is 43.4 Å². The van der Waals surface area contributed by atoms with Crippen LogP contribution in [0.5, 0.6) is 0 Å². The molecule has 0 saturated heterocycles. The minimum atomic E-state index is -3.36. The largest absolute Gasteiger partial charge is 0.326 e. The number of thiophene rings is 1. The van der Waals surface area contributed by atoms with E-state index in [4.69, 9.17) is 5.73 Å². The molecule has 3 N–H and O–H groups in total. The second-order valence-corrected chi connectivity index (χ2v) is 8.80. The SMILES string of the molecule is CSCCCCCCNS(=O)(=O)c1cc(C)c(CN)s1. The van der Waals surface area contributed by atoms with Gasteiger partial charge >= 0.3 is 0 Å². The highest BCUT2D eigenvalue weighted by molar-refractivity contribution is 7.98. The quantitative estimate of drug-likeness (QED) is 0.644. The van der Waals surface area contributed by atoms with Gasteiger partial charge in [-0.15, -0.1) is 11.3 Å². The van der Waals surface area contributed by atoms with Crippen molar-refractivity contribution >= 4 is 33.1 Å². The zero-order chi connectivity index (χ0) is 15.0. The molecular weight excluding hydrogens is 312 g/mol. The van der Waals surface area contributed by atoms with E-state index in [1.165, 1.54) is 23.5 Å². The molecule has 116 valence electrons. The molecule has 1 aromatic rings. The van der Waals surface area contributed by atoms with Crippen LogP contribution >= 0.6 is 23.1 Å². The predicted octanol–water partition coefficient (Wildman–Crippen LogP) is 2.72. The van der Waals surface area contributed by atoms with Gasteiger partial charge in [0.2, 0.25) is 10.0 Å². The van der Waals surface area contributed by atoms with Crippen molar-refractivity contribution in [2.75, 3.05) is 18.6 Å². The average molecular weight is 337 g/mol. The van der Waals surface area contributed by atoms with Gasteiger partial charge in [0.15, 0.2) is 0 Å². The third-order valence-electron chi connectivity index (χ3n) is 3.02. The first-order valence-corrected chi connectivity index (χ1v) is 10.5. The monoisotopic (exact) mass is 336 g/mol. The highest BCUT2D eigenvalue weighted by Crippen LogP contribution is 2.25. The molecule has 0 unspecified atom stereocenters. The van der Waals surface area contributed by atoms with Crippen molar-refractivity contribution in [3.8, 4) is 0 Å². The number of rotatable bonds is 10. The number of thioether (sulfide) groups is 1. The van der Waals surface area contributed by atoms with E-state index >= 15 is 0 Å². The zero-order valence-electron chi connectivity index (χ0n) is 12.1. The number of aryl methyl sites for hydroxylation is 1. The summed E-state index contributed by atoms with van der Waals surface area (Å²) >= 11 is 3.12. The van der Waals surface area contributed by atoms with Gasteiger partial charge < -0.3 is 5.73 Å². The molecule has 20 heavy (non-hydrogen) atoms. The number of unbranched alkanes of at least 4 members (excludes halogenated alkanes) is 3. The maximum atomic E-state index is 12.1. The summed E-state index contributed by atoms with van der Waals surface area (Å²) in [6.07, 6.45) is 6.44. The van der Waals surface area contributed by atoms with E-state index in [-0.39, 0.29) is 0 Å². The number of hydrogen-bond acceptors (Lipinski definition) is 5. The van der Waals surface area contributed by atoms with Gasteiger partial charge in [-0.25, -0.2) is 13.1 Å². The van der Waals surface area contributed by atoms with E-state index in [1.54, 1.807) is 6.07 Å². The lowest BCUT2D eigenvalue weighted by atomic mass is 10.2. The molecule has 1 rings (SSSR count). The molecule has 0 aliphatic carbocycles. The number of nitrogens with one attached hydrogen (secondary N) is 1. The van der Waals surface area contributed by atoms with E-state index in [2.05, 4.69) is 11.0 Å². The molecule has 0 aliphatic heterocycles. The van der Waals surface area contributed by atoms with Gasteiger partial charge in [0.1, 0.15) is 4.21 Å². The van der Waals surface area contributed by atoms with Gasteiger partial charge in [0, 0.05) is 18.0 Å². The Morgan fingerprint density at radius 2 is 2.00 bits per heavy atom. The normalized spacial score (nSPS) is 11.9. The second kappa shape index (κ2) is 9.04. The molecule has 0 fully saturated rings. The lowest BCUT2D eigenvalue weighted by Crippen LogP contribution is -2.24. The highest BCUT2D eigenvalue weighted by Gasteiger charge is 2.17. The van der Waals surface area contributed by atoms with Crippen LogP contribution in [0.3, 0.4) is 0 Å². The summed E-state index contributed by atoms with van der Waals surface area (Å²) in [6, 6.07) is 1.70. The summed E-state index contributed by atoms with van der Waals surface area (Å²) in [5.74, 6) is 1.18. The number of sulfonamides is 1. The molecule has 0 amide bonds. The molecule has 0 radical (unpaired) electrons. The highest BCUT2D eigenvalue weighted by atomic mass is 32.2. The Hall–Kier alpha value is -0.0800. The van der Waals surface area contributed by atoms with Gasteiger partial charge in [0.05, 0.1) is 0 Å². The van der Waals surface area contributed by atoms with E-state index in [9.17, 15) is 8.42 Å². The second-order valence-electron chi connectivity index (χ2n) is 4.68. The Bertz CT molecular complexity index is 498. The van der Waals surface area contributed by atoms with Crippen molar-refractivity contribution in [1.29, 1.82) is 0 Å². The van der Waals surface area contributed by atoms with Gasteiger partial charge in [-0.05, 0) is 43.4 Å². The van der Waals surface area contributed by atoms with E-state index in [1.807, 2.05) is 18.7 Å². The lowest BCUT2D eigenvalue weighted by Gasteiger charge is -2.04. The molecule has 0 saturated carbocycles. The van der Waals surface area contributed by atoms with Gasteiger partial charge in [-0.3, -0.25) is 0 Å². The van der Waals surface area contributed by atoms with Crippen LogP contribution in [-0.4, -0.2) is 27.0 Å². The van der Waals surface area contributed by atoms with Crippen LogP contribution < -0.4 is 10.5 Å². The Balaban J connectivity index is 2.38. The van der Waals surface area contributed by atoms with Crippen LogP contribution in [0.2, 0.25) is 0 Å². The maximum absolute atomic E-state index is 12.1. The summed E-state index contributed by atoms with van der Waals surface area (Å²) in [7, 11) is -3.36. The summed E-state index contributed by atoms with van der Waals surface area (Å²) < 4.78 is 27.2. The standard InChI is InChI=1S/C13H24N2O2S3/c1-11-9-13(19-12(11)10-14)20(16,17)15-7-5-3-4-6-8-18-2/h9,15H,3-8,10,14H2,1-2H3. The molecule has 0 spiro atoms. The van der Waals surface area contributed by atoms with Gasteiger partial charge in [-0.1, -0.05) is 12.8 Å². The zero-order valence-corrected chi connectivity index (χ0v) is 14.6. The van der Waals surface area contributed by atoms with Crippen molar-refractivity contribution in [1.82, 2.24) is 4.72 Å². The fourth-order valence-electron chi connectivity index (χ4n) is 1.83. The van der Waals surface area contributed by atoms with Crippen LogP contribution in [0.1, 0.15) is 36.1 Å². The number of hydrogen-bond donors (Lipinski definition) is 2. The fourth-order valence-corrected chi connectivity index (χ4v) is 4.91. The average Bonchev–Trinajstić information content (AvgIpc) is 2.80. The van der Waals surface area contributed by atoms with Crippen LogP contribution in [-0.2, 0) is 16.6 Å². The van der Waals surface area contributed by atoms with Crippen molar-refractivity contribution in [2.24, 2.45) is 5.73 Å². The molecule has 0 bridgehead atoms. The Labute approximate surface area is 130 Å². The van der Waals surface area contributed by atoms with Gasteiger partial charge in [0.25, 0.3) is 0 Å². The summed E-state index contributed by atoms with van der Waals surface area (Å²) in [6.45, 7) is 2.79. The summed E-state index contributed by atoms with van der Waals surface area (Å²) in [5.41, 5.74) is 6.53. The molecule has 1 heterocycles. The Morgan fingerprint density at radius 3 is 2.60 bits per heavy atom. The van der Waals surface area contributed by atoms with Crippen LogP contribution in [0.25, 0.3) is 0 Å². The lowest BCUT2D eigenvalue weighted by molar-refractivity contribution is 0.576. The van der Waals surface area contributed by atoms with Crippen LogP contribution in [0, 0.1) is 6.92 Å². The number of nitrogens with two attached hydrogens (primary N) is 1. The first kappa shape index (κ1) is 18.0. The van der Waals surface area contributed by atoms with Crippen molar-refractivity contribution < 1.29 is 8.42 Å². The Morgan fingerprint density at radius 1 is 1.30 bits per heavy atom. The fraction of sp³-hybridized carbons (Fsp3) is 0.692. The molecule has 7 heteroatoms. The van der Waals surface area contributed by atoms with Crippen LogP contribution in [0.4, 0.5) is 0 Å². The minimum absolute atomic E-state index is 0.373. The minimum Gasteiger partial charge on any atom is -0.326 e. The van der Waals surface area contributed by atoms with Gasteiger partial charge in [-0.2, -0.15) is 11.8 Å². The smallest absolute Gasteiger partial charge is 0.250 e. The summed E-state index contributed by atoms with van der Waals surface area (Å²) in [5, 5.41) is 0. The third-order valence-corrected chi connectivity index (χ3v) is 6.91. The molecule has 4 nitrogen and oxygen atoms in total. The Kier molecular flexibility index (Phi) is 8.13. The molecular formula is C13H24N2O2S3. The summed E-state index contributed by atoms with van der Waals surface area (Å²) in [4.78, 5) is 0.933. The molecule has 1 aromatic heterocycles. The van der Waals surface area contributed by atoms with Crippen molar-refractivity contribution in [3.05, 3.63) is 16.5 Å². The van der Waals surface area contributed by atoms with Crippen molar-refractivity contribution in [3.63, 3.8) is 0 Å². The topological polar surface area (TPSA) is 72.2 Å². The first-order valence-electron chi connectivity index (χ1n) is 6.79. The molecule has 0 aromatic carbocycles. The third kappa shape index (κ3) is 5.73. The van der Waals surface area contributed by atoms with E-state index < -0.39 is 10.0 Å². The first-order chi connectivity index (χ1) is 9.51. The van der Waals surface area contributed by atoms with E-state index in [0.717, 1.165) is 29.7 Å². The van der Waals surface area contributed by atoms with E-state index in [0.29, 0.717) is 17.3 Å². The molecule has 0 aliphatic rings. The van der Waals surface area contributed by atoms with Crippen LogP contribution in [0.15, 0.2) is 10.3 Å².